The zero-order valence-corrected chi connectivity index (χ0v) is 10.4. The summed E-state index contributed by atoms with van der Waals surface area (Å²) in [5.74, 6) is -0.608. The van der Waals surface area contributed by atoms with Gasteiger partial charge in [-0.05, 0) is 19.3 Å². The lowest BCUT2D eigenvalue weighted by Gasteiger charge is -2.18. The van der Waals surface area contributed by atoms with E-state index in [2.05, 4.69) is 4.72 Å². The minimum absolute atomic E-state index is 0.130. The third kappa shape index (κ3) is 3.75. The smallest absolute Gasteiger partial charge is 0.222 e. The molecule has 0 spiro atoms. The maximum Gasteiger partial charge on any atom is 0.222 e. The average Bonchev–Trinajstić information content (AvgIpc) is 2.62. The summed E-state index contributed by atoms with van der Waals surface area (Å²) in [5.41, 5.74) is 5.23. The number of amides is 1. The van der Waals surface area contributed by atoms with E-state index in [1.54, 1.807) is 0 Å². The Hall–Kier alpha value is -0.620. The molecule has 1 fully saturated rings. The van der Waals surface area contributed by atoms with Crippen molar-refractivity contribution in [3.05, 3.63) is 0 Å². The molecular formula is C10H20N2O3S. The van der Waals surface area contributed by atoms with Crippen LogP contribution in [0.15, 0.2) is 0 Å². The van der Waals surface area contributed by atoms with E-state index in [4.69, 9.17) is 5.73 Å². The highest BCUT2D eigenvalue weighted by molar-refractivity contribution is 7.89. The van der Waals surface area contributed by atoms with Crippen LogP contribution in [0.5, 0.6) is 0 Å². The first kappa shape index (κ1) is 13.4. The molecule has 16 heavy (non-hydrogen) atoms. The molecule has 1 aliphatic rings. The summed E-state index contributed by atoms with van der Waals surface area (Å²) in [6, 6.07) is -0.292. The molecule has 1 amide bonds. The van der Waals surface area contributed by atoms with Crippen LogP contribution in [0, 0.1) is 5.92 Å². The third-order valence-corrected chi connectivity index (χ3v) is 4.47. The maximum absolute atomic E-state index is 11.7. The number of sulfonamides is 1. The van der Waals surface area contributed by atoms with E-state index in [9.17, 15) is 13.2 Å². The van der Waals surface area contributed by atoms with Crippen LogP contribution in [0.2, 0.25) is 0 Å². The molecule has 6 heteroatoms. The Morgan fingerprint density at radius 3 is 2.69 bits per heavy atom. The average molecular weight is 248 g/mol. The van der Waals surface area contributed by atoms with Gasteiger partial charge in [0.1, 0.15) is 0 Å². The molecule has 0 heterocycles. The van der Waals surface area contributed by atoms with Gasteiger partial charge in [0, 0.05) is 6.04 Å². The minimum Gasteiger partial charge on any atom is -0.369 e. The van der Waals surface area contributed by atoms with Crippen molar-refractivity contribution in [1.82, 2.24) is 4.72 Å². The predicted molar refractivity (Wildman–Crippen MR) is 62.2 cm³/mol. The van der Waals surface area contributed by atoms with E-state index in [1.165, 1.54) is 0 Å². The molecule has 0 saturated heterocycles. The quantitative estimate of drug-likeness (QED) is 0.711. The van der Waals surface area contributed by atoms with Crippen LogP contribution in [-0.2, 0) is 14.8 Å². The fourth-order valence-corrected chi connectivity index (χ4v) is 3.60. The van der Waals surface area contributed by atoms with E-state index >= 15 is 0 Å². The maximum atomic E-state index is 11.7. The number of nitrogens with one attached hydrogen (secondary N) is 1. The summed E-state index contributed by atoms with van der Waals surface area (Å²) in [5, 5.41) is 0. The van der Waals surface area contributed by atoms with Crippen LogP contribution < -0.4 is 10.5 Å². The first-order valence-corrected chi connectivity index (χ1v) is 7.41. The van der Waals surface area contributed by atoms with Crippen LogP contribution in [0.4, 0.5) is 0 Å². The second kappa shape index (κ2) is 5.63. The molecule has 0 bridgehead atoms. The lowest BCUT2D eigenvalue weighted by molar-refractivity contribution is -0.122. The largest absolute Gasteiger partial charge is 0.369 e. The van der Waals surface area contributed by atoms with Gasteiger partial charge in [-0.3, -0.25) is 4.79 Å². The van der Waals surface area contributed by atoms with Crippen LogP contribution >= 0.6 is 0 Å². The van der Waals surface area contributed by atoms with Crippen molar-refractivity contribution in [2.75, 3.05) is 5.75 Å². The normalized spacial score (nSPS) is 25.8. The molecular weight excluding hydrogens is 228 g/mol. The van der Waals surface area contributed by atoms with Crippen molar-refractivity contribution in [2.24, 2.45) is 11.7 Å². The van der Waals surface area contributed by atoms with Crippen molar-refractivity contribution in [3.8, 4) is 0 Å². The van der Waals surface area contributed by atoms with Crippen LogP contribution in [0.3, 0.4) is 0 Å². The Bertz CT molecular complexity index is 340. The minimum atomic E-state index is -3.25. The van der Waals surface area contributed by atoms with Crippen LogP contribution in [-0.4, -0.2) is 26.1 Å². The Labute approximate surface area is 96.8 Å². The van der Waals surface area contributed by atoms with E-state index in [1.807, 2.05) is 6.92 Å². The standard InChI is InChI=1S/C10H20N2O3S/c1-2-3-7-16(14,15)12-9-6-4-5-8(9)10(11)13/h8-9,12H,2-7H2,1H3,(H2,11,13). The number of unbranched alkanes of at least 4 members (excludes halogenated alkanes) is 1. The fraction of sp³-hybridized carbons (Fsp3) is 0.900. The number of hydrogen-bond acceptors (Lipinski definition) is 3. The molecule has 94 valence electrons. The van der Waals surface area contributed by atoms with E-state index in [0.29, 0.717) is 19.3 Å². The molecule has 0 aromatic carbocycles. The molecule has 0 aromatic rings. The molecule has 0 radical (unpaired) electrons. The topological polar surface area (TPSA) is 89.3 Å². The first-order chi connectivity index (χ1) is 7.46. The van der Waals surface area contributed by atoms with Crippen molar-refractivity contribution >= 4 is 15.9 Å². The SMILES string of the molecule is CCCCS(=O)(=O)NC1CCCC1C(N)=O. The number of nitrogens with two attached hydrogens (primary N) is 1. The van der Waals surface area contributed by atoms with Gasteiger partial charge in [-0.25, -0.2) is 13.1 Å². The number of carbonyl (C=O) groups excluding carboxylic acids is 1. The van der Waals surface area contributed by atoms with Crippen LogP contribution in [0.1, 0.15) is 39.0 Å². The Morgan fingerprint density at radius 1 is 1.44 bits per heavy atom. The molecule has 2 atom stereocenters. The lowest BCUT2D eigenvalue weighted by atomic mass is 10.0. The molecule has 1 rings (SSSR count). The molecule has 1 saturated carbocycles. The lowest BCUT2D eigenvalue weighted by Crippen LogP contribution is -2.43. The van der Waals surface area contributed by atoms with Crippen LogP contribution in [0.25, 0.3) is 0 Å². The van der Waals surface area contributed by atoms with Gasteiger partial charge < -0.3 is 5.73 Å². The monoisotopic (exact) mass is 248 g/mol. The second-order valence-corrected chi connectivity index (χ2v) is 6.21. The summed E-state index contributed by atoms with van der Waals surface area (Å²) in [7, 11) is -3.25. The summed E-state index contributed by atoms with van der Waals surface area (Å²) >= 11 is 0. The summed E-state index contributed by atoms with van der Waals surface area (Å²) < 4.78 is 25.9. The van der Waals surface area contributed by atoms with Gasteiger partial charge in [-0.1, -0.05) is 19.8 Å². The highest BCUT2D eigenvalue weighted by Gasteiger charge is 2.33. The molecule has 5 nitrogen and oxygen atoms in total. The van der Waals surface area contributed by atoms with Gasteiger partial charge in [-0.15, -0.1) is 0 Å². The molecule has 2 unspecified atom stereocenters. The zero-order chi connectivity index (χ0) is 12.2. The number of primary amides is 1. The summed E-state index contributed by atoms with van der Waals surface area (Å²) in [6.45, 7) is 1.94. The summed E-state index contributed by atoms with van der Waals surface area (Å²) in [4.78, 5) is 11.1. The molecule has 0 aromatic heterocycles. The van der Waals surface area contributed by atoms with Gasteiger partial charge in [0.15, 0.2) is 0 Å². The number of carbonyl (C=O) groups is 1. The van der Waals surface area contributed by atoms with Gasteiger partial charge in [-0.2, -0.15) is 0 Å². The van der Waals surface area contributed by atoms with Crippen molar-refractivity contribution in [2.45, 2.75) is 45.1 Å². The first-order valence-electron chi connectivity index (χ1n) is 5.75. The third-order valence-electron chi connectivity index (χ3n) is 2.98. The Balaban J connectivity index is 2.56. The van der Waals surface area contributed by atoms with Crippen molar-refractivity contribution < 1.29 is 13.2 Å². The van der Waals surface area contributed by atoms with Gasteiger partial charge in [0.05, 0.1) is 11.7 Å². The predicted octanol–water partition coefficient (Wildman–Crippen LogP) is 0.360. The van der Waals surface area contributed by atoms with Gasteiger partial charge >= 0.3 is 0 Å². The van der Waals surface area contributed by atoms with E-state index < -0.39 is 15.9 Å². The van der Waals surface area contributed by atoms with Crippen molar-refractivity contribution in [3.63, 3.8) is 0 Å². The molecule has 0 aliphatic heterocycles. The Morgan fingerprint density at radius 2 is 2.12 bits per heavy atom. The molecule has 1 aliphatic carbocycles. The van der Waals surface area contributed by atoms with Crippen molar-refractivity contribution in [1.29, 1.82) is 0 Å². The second-order valence-electron chi connectivity index (χ2n) is 4.34. The van der Waals surface area contributed by atoms with Gasteiger partial charge in [0.2, 0.25) is 15.9 Å². The Kier molecular flexibility index (Phi) is 4.73. The highest BCUT2D eigenvalue weighted by Crippen LogP contribution is 2.25. The summed E-state index contributed by atoms with van der Waals surface area (Å²) in [6.07, 6.45) is 3.73. The highest BCUT2D eigenvalue weighted by atomic mass is 32.2. The van der Waals surface area contributed by atoms with E-state index in [-0.39, 0.29) is 17.7 Å². The van der Waals surface area contributed by atoms with E-state index in [0.717, 1.165) is 12.8 Å². The number of hydrogen-bond donors (Lipinski definition) is 2. The van der Waals surface area contributed by atoms with Gasteiger partial charge in [0.25, 0.3) is 0 Å². The fourth-order valence-electron chi connectivity index (χ4n) is 2.07. The zero-order valence-electron chi connectivity index (χ0n) is 9.61. The number of rotatable bonds is 6. The molecule has 3 N–H and O–H groups in total.